The molecule has 0 saturated carbocycles. The number of carbonyl (C=O) groups is 1. The zero-order valence-corrected chi connectivity index (χ0v) is 12.5. The van der Waals surface area contributed by atoms with Crippen LogP contribution in [0, 0.1) is 0 Å². The first-order valence-electron chi connectivity index (χ1n) is 5.82. The first kappa shape index (κ1) is 15.3. The van der Waals surface area contributed by atoms with Gasteiger partial charge in [0.2, 0.25) is 5.91 Å². The number of anilines is 1. The van der Waals surface area contributed by atoms with Crippen LogP contribution in [0.3, 0.4) is 0 Å². The predicted octanol–water partition coefficient (Wildman–Crippen LogP) is 3.48. The van der Waals surface area contributed by atoms with Gasteiger partial charge in [-0.3, -0.25) is 4.79 Å². The molecule has 110 valence electrons. The fraction of sp³-hybridized carbons (Fsp3) is 0.0714. The number of amides is 1. The standard InChI is InChI=1S/C14H12Cl2N2O3/c1-20-8-2-7(14(18)19)3-9(4-8)21-13-6-11(16)10(15)5-12(13)17/h2-6H,17H2,1H3,(H2,18,19). The van der Waals surface area contributed by atoms with Crippen molar-refractivity contribution >= 4 is 34.8 Å². The van der Waals surface area contributed by atoms with Crippen molar-refractivity contribution in [3.05, 3.63) is 45.9 Å². The van der Waals surface area contributed by atoms with Crippen molar-refractivity contribution in [3.8, 4) is 17.2 Å². The summed E-state index contributed by atoms with van der Waals surface area (Å²) in [6, 6.07) is 7.55. The molecule has 0 fully saturated rings. The summed E-state index contributed by atoms with van der Waals surface area (Å²) in [6.45, 7) is 0. The minimum atomic E-state index is -0.596. The van der Waals surface area contributed by atoms with Gasteiger partial charge in [0.05, 0.1) is 22.8 Å². The van der Waals surface area contributed by atoms with Gasteiger partial charge in [0, 0.05) is 17.7 Å². The number of nitrogens with two attached hydrogens (primary N) is 2. The molecule has 0 aliphatic heterocycles. The molecule has 0 aliphatic rings. The molecule has 0 radical (unpaired) electrons. The number of halogens is 2. The summed E-state index contributed by atoms with van der Waals surface area (Å²) in [5, 5.41) is 0.629. The summed E-state index contributed by atoms with van der Waals surface area (Å²) >= 11 is 11.8. The number of rotatable bonds is 4. The second kappa shape index (κ2) is 6.11. The van der Waals surface area contributed by atoms with Gasteiger partial charge in [-0.1, -0.05) is 23.2 Å². The molecule has 4 N–H and O–H groups in total. The molecule has 0 spiro atoms. The highest BCUT2D eigenvalue weighted by Gasteiger charge is 2.11. The topological polar surface area (TPSA) is 87.6 Å². The summed E-state index contributed by atoms with van der Waals surface area (Å²) in [6.07, 6.45) is 0. The lowest BCUT2D eigenvalue weighted by molar-refractivity contribution is 0.0999. The van der Waals surface area contributed by atoms with Crippen LogP contribution >= 0.6 is 23.2 Å². The smallest absolute Gasteiger partial charge is 0.248 e. The largest absolute Gasteiger partial charge is 0.497 e. The van der Waals surface area contributed by atoms with Crippen LogP contribution in [0.15, 0.2) is 30.3 Å². The molecule has 0 saturated heterocycles. The second-order valence-corrected chi connectivity index (χ2v) is 4.98. The van der Waals surface area contributed by atoms with Gasteiger partial charge in [0.25, 0.3) is 0 Å². The van der Waals surface area contributed by atoms with Gasteiger partial charge in [0.1, 0.15) is 11.5 Å². The summed E-state index contributed by atoms with van der Waals surface area (Å²) in [5.41, 5.74) is 11.6. The number of ether oxygens (including phenoxy) is 2. The Kier molecular flexibility index (Phi) is 4.45. The third-order valence-corrected chi connectivity index (χ3v) is 3.40. The second-order valence-electron chi connectivity index (χ2n) is 4.17. The monoisotopic (exact) mass is 326 g/mol. The molecule has 21 heavy (non-hydrogen) atoms. The highest BCUT2D eigenvalue weighted by Crippen LogP contribution is 2.36. The number of nitrogen functional groups attached to an aromatic ring is 1. The van der Waals surface area contributed by atoms with Crippen LogP contribution in [-0.2, 0) is 0 Å². The molecule has 0 unspecified atom stereocenters. The van der Waals surface area contributed by atoms with Crippen LogP contribution < -0.4 is 20.9 Å². The van der Waals surface area contributed by atoms with Crippen LogP contribution in [-0.4, -0.2) is 13.0 Å². The van der Waals surface area contributed by atoms with Gasteiger partial charge in [-0.05, 0) is 18.2 Å². The summed E-state index contributed by atoms with van der Waals surface area (Å²) in [5.74, 6) is 0.488. The molecule has 2 aromatic rings. The van der Waals surface area contributed by atoms with E-state index in [0.717, 1.165) is 0 Å². The molecule has 2 rings (SSSR count). The molecule has 0 aliphatic carbocycles. The van der Waals surface area contributed by atoms with E-state index in [9.17, 15) is 4.79 Å². The summed E-state index contributed by atoms with van der Waals surface area (Å²) < 4.78 is 10.7. The third kappa shape index (κ3) is 3.51. The SMILES string of the molecule is COc1cc(Oc2cc(Cl)c(Cl)cc2N)cc(C(N)=O)c1. The number of hydrogen-bond acceptors (Lipinski definition) is 4. The van der Waals surface area contributed by atoms with Gasteiger partial charge >= 0.3 is 0 Å². The Bertz CT molecular complexity index is 705. The molecule has 0 aromatic heterocycles. The summed E-state index contributed by atoms with van der Waals surface area (Å²) in [7, 11) is 1.47. The Labute approximate surface area is 131 Å². The first-order chi connectivity index (χ1) is 9.90. The molecular formula is C14H12Cl2N2O3. The van der Waals surface area contributed by atoms with Gasteiger partial charge in [-0.2, -0.15) is 0 Å². The Morgan fingerprint density at radius 2 is 1.67 bits per heavy atom. The summed E-state index contributed by atoms with van der Waals surface area (Å²) in [4.78, 5) is 11.3. The van der Waals surface area contributed by atoms with E-state index in [1.807, 2.05) is 0 Å². The van der Waals surface area contributed by atoms with E-state index in [1.54, 1.807) is 6.07 Å². The number of benzene rings is 2. The fourth-order valence-electron chi connectivity index (χ4n) is 1.65. The van der Waals surface area contributed by atoms with Gasteiger partial charge in [-0.15, -0.1) is 0 Å². The molecule has 0 atom stereocenters. The maximum Gasteiger partial charge on any atom is 0.248 e. The third-order valence-electron chi connectivity index (χ3n) is 2.68. The minimum absolute atomic E-state index is 0.253. The maximum absolute atomic E-state index is 11.3. The van der Waals surface area contributed by atoms with E-state index < -0.39 is 5.91 Å². The zero-order valence-electron chi connectivity index (χ0n) is 11.0. The van der Waals surface area contributed by atoms with E-state index in [1.165, 1.54) is 31.4 Å². The molecular weight excluding hydrogens is 315 g/mol. The Morgan fingerprint density at radius 1 is 1.05 bits per heavy atom. The number of methoxy groups -OCH3 is 1. The van der Waals surface area contributed by atoms with Crippen LogP contribution in [0.5, 0.6) is 17.2 Å². The van der Waals surface area contributed by atoms with Crippen molar-refractivity contribution < 1.29 is 14.3 Å². The lowest BCUT2D eigenvalue weighted by atomic mass is 10.2. The van der Waals surface area contributed by atoms with Crippen LogP contribution in [0.1, 0.15) is 10.4 Å². The highest BCUT2D eigenvalue weighted by atomic mass is 35.5. The lowest BCUT2D eigenvalue weighted by Gasteiger charge is -2.12. The lowest BCUT2D eigenvalue weighted by Crippen LogP contribution is -2.11. The Morgan fingerprint density at radius 3 is 2.29 bits per heavy atom. The molecule has 1 amide bonds. The quantitative estimate of drug-likeness (QED) is 0.842. The Hall–Kier alpha value is -2.11. The van der Waals surface area contributed by atoms with Crippen molar-refractivity contribution in [1.82, 2.24) is 0 Å². The minimum Gasteiger partial charge on any atom is -0.497 e. The van der Waals surface area contributed by atoms with Crippen molar-refractivity contribution in [3.63, 3.8) is 0 Å². The van der Waals surface area contributed by atoms with E-state index >= 15 is 0 Å². The highest BCUT2D eigenvalue weighted by molar-refractivity contribution is 6.42. The van der Waals surface area contributed by atoms with Gasteiger partial charge in [0.15, 0.2) is 5.75 Å². The van der Waals surface area contributed by atoms with Crippen LogP contribution in [0.2, 0.25) is 10.0 Å². The van der Waals surface area contributed by atoms with E-state index in [2.05, 4.69) is 0 Å². The van der Waals surface area contributed by atoms with Crippen molar-refractivity contribution in [2.45, 2.75) is 0 Å². The van der Waals surface area contributed by atoms with Gasteiger partial charge < -0.3 is 20.9 Å². The average molecular weight is 327 g/mol. The fourth-order valence-corrected chi connectivity index (χ4v) is 1.98. The molecule has 7 heteroatoms. The maximum atomic E-state index is 11.3. The van der Waals surface area contributed by atoms with Crippen molar-refractivity contribution in [2.75, 3.05) is 12.8 Å². The molecule has 0 bridgehead atoms. The van der Waals surface area contributed by atoms with E-state index in [0.29, 0.717) is 33.0 Å². The van der Waals surface area contributed by atoms with Crippen molar-refractivity contribution in [1.29, 1.82) is 0 Å². The van der Waals surface area contributed by atoms with E-state index in [4.69, 9.17) is 44.1 Å². The number of hydrogen-bond donors (Lipinski definition) is 2. The predicted molar refractivity (Wildman–Crippen MR) is 82.5 cm³/mol. The van der Waals surface area contributed by atoms with Gasteiger partial charge in [-0.25, -0.2) is 0 Å². The number of primary amides is 1. The van der Waals surface area contributed by atoms with E-state index in [-0.39, 0.29) is 5.56 Å². The van der Waals surface area contributed by atoms with Crippen LogP contribution in [0.25, 0.3) is 0 Å². The number of carbonyl (C=O) groups excluding carboxylic acids is 1. The zero-order chi connectivity index (χ0) is 15.6. The molecule has 5 nitrogen and oxygen atoms in total. The molecule has 2 aromatic carbocycles. The first-order valence-corrected chi connectivity index (χ1v) is 6.57. The van der Waals surface area contributed by atoms with Crippen LogP contribution in [0.4, 0.5) is 5.69 Å². The normalized spacial score (nSPS) is 10.2. The average Bonchev–Trinajstić information content (AvgIpc) is 2.44. The molecule has 0 heterocycles. The Balaban J connectivity index is 2.41. The van der Waals surface area contributed by atoms with Crippen molar-refractivity contribution in [2.24, 2.45) is 5.73 Å².